The molecule has 0 spiro atoms. The third kappa shape index (κ3) is 3.28. The molecule has 5 nitrogen and oxygen atoms in total. The van der Waals surface area contributed by atoms with Gasteiger partial charge in [-0.05, 0) is 12.0 Å². The molecule has 2 rings (SSSR count). The summed E-state index contributed by atoms with van der Waals surface area (Å²) >= 11 is 0. The van der Waals surface area contributed by atoms with E-state index in [2.05, 4.69) is 49.2 Å². The largest absolute Gasteiger partial charge is 0.384 e. The van der Waals surface area contributed by atoms with Crippen LogP contribution in [0.2, 0.25) is 0 Å². The number of aromatic nitrogens is 3. The smallest absolute Gasteiger partial charge is 0.152 e. The van der Waals surface area contributed by atoms with Gasteiger partial charge in [0.15, 0.2) is 5.82 Å². The van der Waals surface area contributed by atoms with E-state index in [1.165, 1.54) is 0 Å². The zero-order chi connectivity index (χ0) is 14.8. The van der Waals surface area contributed by atoms with Crippen LogP contribution in [-0.2, 0) is 10.2 Å². The molecule has 2 aromatic rings. The number of fused-ring (bicyclic) bond motifs is 1. The van der Waals surface area contributed by atoms with Gasteiger partial charge in [-0.1, -0.05) is 27.7 Å². The van der Waals surface area contributed by atoms with E-state index in [0.717, 1.165) is 30.2 Å². The quantitative estimate of drug-likeness (QED) is 0.912. The van der Waals surface area contributed by atoms with Gasteiger partial charge in [-0.2, -0.15) is 5.10 Å². The predicted molar refractivity (Wildman–Crippen MR) is 81.2 cm³/mol. The Bertz CT molecular complexity index is 571. The summed E-state index contributed by atoms with van der Waals surface area (Å²) in [5.74, 6) is 1.31. The summed E-state index contributed by atoms with van der Waals surface area (Å²) in [4.78, 5) is 4.42. The van der Waals surface area contributed by atoms with E-state index in [9.17, 15) is 0 Å². The first-order valence-electron chi connectivity index (χ1n) is 6.99. The molecule has 0 amide bonds. The van der Waals surface area contributed by atoms with Crippen molar-refractivity contribution in [2.45, 2.75) is 33.1 Å². The third-order valence-electron chi connectivity index (χ3n) is 3.23. The molecule has 0 aliphatic heterocycles. The van der Waals surface area contributed by atoms with E-state index in [1.807, 2.05) is 10.7 Å². The Morgan fingerprint density at radius 2 is 2.15 bits per heavy atom. The molecule has 0 aromatic carbocycles. The van der Waals surface area contributed by atoms with Crippen LogP contribution in [0.5, 0.6) is 0 Å². The fourth-order valence-corrected chi connectivity index (χ4v) is 2.04. The van der Waals surface area contributed by atoms with Crippen molar-refractivity contribution in [3.8, 4) is 0 Å². The molecule has 2 heterocycles. The van der Waals surface area contributed by atoms with Gasteiger partial charge in [-0.15, -0.1) is 0 Å². The minimum atomic E-state index is 0.0344. The van der Waals surface area contributed by atoms with Crippen LogP contribution in [-0.4, -0.2) is 34.9 Å². The van der Waals surface area contributed by atoms with Gasteiger partial charge in [-0.25, -0.2) is 9.50 Å². The van der Waals surface area contributed by atoms with Crippen molar-refractivity contribution in [1.82, 2.24) is 14.6 Å². The highest BCUT2D eigenvalue weighted by Gasteiger charge is 2.19. The van der Waals surface area contributed by atoms with Gasteiger partial charge in [0.25, 0.3) is 0 Å². The summed E-state index contributed by atoms with van der Waals surface area (Å²) in [7, 11) is 1.72. The van der Waals surface area contributed by atoms with E-state index < -0.39 is 0 Å². The molecule has 0 saturated carbocycles. The summed E-state index contributed by atoms with van der Waals surface area (Å²) < 4.78 is 7.04. The summed E-state index contributed by atoms with van der Waals surface area (Å²) in [5, 5.41) is 8.01. The zero-order valence-electron chi connectivity index (χ0n) is 13.0. The van der Waals surface area contributed by atoms with E-state index in [0.29, 0.717) is 5.92 Å². The number of nitrogens with zero attached hydrogens (tertiary/aromatic N) is 3. The van der Waals surface area contributed by atoms with Crippen LogP contribution >= 0.6 is 0 Å². The van der Waals surface area contributed by atoms with Crippen molar-refractivity contribution in [3.63, 3.8) is 0 Å². The van der Waals surface area contributed by atoms with Crippen molar-refractivity contribution in [1.29, 1.82) is 0 Å². The van der Waals surface area contributed by atoms with Crippen molar-refractivity contribution in [3.05, 3.63) is 24.2 Å². The fourth-order valence-electron chi connectivity index (χ4n) is 2.04. The molecule has 0 aliphatic rings. The number of hydrogen-bond acceptors (Lipinski definition) is 4. The topological polar surface area (TPSA) is 51.5 Å². The molecule has 1 atom stereocenters. The lowest BCUT2D eigenvalue weighted by Crippen LogP contribution is -2.16. The maximum atomic E-state index is 5.15. The molecule has 1 unspecified atom stereocenters. The van der Waals surface area contributed by atoms with Crippen molar-refractivity contribution < 1.29 is 4.74 Å². The predicted octanol–water partition coefficient (Wildman–Crippen LogP) is 2.72. The van der Waals surface area contributed by atoms with E-state index >= 15 is 0 Å². The van der Waals surface area contributed by atoms with Crippen LogP contribution in [0.3, 0.4) is 0 Å². The molecule has 20 heavy (non-hydrogen) atoms. The summed E-state index contributed by atoms with van der Waals surface area (Å²) in [6.07, 6.45) is 3.66. The minimum absolute atomic E-state index is 0.0344. The van der Waals surface area contributed by atoms with Crippen molar-refractivity contribution >= 4 is 11.3 Å². The maximum Gasteiger partial charge on any atom is 0.152 e. The van der Waals surface area contributed by atoms with Gasteiger partial charge in [0.2, 0.25) is 0 Å². The Labute approximate surface area is 120 Å². The second-order valence-electron chi connectivity index (χ2n) is 6.33. The molecule has 110 valence electrons. The van der Waals surface area contributed by atoms with Gasteiger partial charge in [0.05, 0.1) is 12.3 Å². The van der Waals surface area contributed by atoms with E-state index in [1.54, 1.807) is 13.3 Å². The van der Waals surface area contributed by atoms with Crippen LogP contribution in [0, 0.1) is 5.92 Å². The number of rotatable bonds is 5. The lowest BCUT2D eigenvalue weighted by atomic mass is 9.92. The maximum absolute atomic E-state index is 5.15. The van der Waals surface area contributed by atoms with Crippen LogP contribution < -0.4 is 5.32 Å². The first kappa shape index (κ1) is 14.8. The first-order valence-corrected chi connectivity index (χ1v) is 6.99. The lowest BCUT2D eigenvalue weighted by molar-refractivity contribution is 0.164. The normalized spacial score (nSPS) is 13.7. The summed E-state index contributed by atoms with van der Waals surface area (Å²) in [5.41, 5.74) is 2.12. The van der Waals surface area contributed by atoms with Crippen LogP contribution in [0.15, 0.2) is 18.5 Å². The van der Waals surface area contributed by atoms with Gasteiger partial charge in [0.1, 0.15) is 5.52 Å². The number of ether oxygens (including phenoxy) is 1. The van der Waals surface area contributed by atoms with Crippen LogP contribution in [0.25, 0.3) is 5.52 Å². The Kier molecular flexibility index (Phi) is 4.28. The Morgan fingerprint density at radius 1 is 1.40 bits per heavy atom. The Hall–Kier alpha value is -1.62. The zero-order valence-corrected chi connectivity index (χ0v) is 13.0. The number of anilines is 1. The highest BCUT2D eigenvalue weighted by Crippen LogP contribution is 2.24. The average Bonchev–Trinajstić information content (AvgIpc) is 2.81. The number of methoxy groups -OCH3 is 1. The molecular weight excluding hydrogens is 252 g/mol. The monoisotopic (exact) mass is 276 g/mol. The first-order chi connectivity index (χ1) is 9.41. The molecule has 2 aromatic heterocycles. The third-order valence-corrected chi connectivity index (χ3v) is 3.23. The number of hydrogen-bond donors (Lipinski definition) is 1. The Morgan fingerprint density at radius 3 is 2.80 bits per heavy atom. The van der Waals surface area contributed by atoms with Crippen molar-refractivity contribution in [2.24, 2.45) is 5.92 Å². The molecule has 0 aliphatic carbocycles. The molecular formula is C15H24N4O. The fraction of sp³-hybridized carbons (Fsp3) is 0.600. The van der Waals surface area contributed by atoms with Gasteiger partial charge in [0, 0.05) is 31.5 Å². The highest BCUT2D eigenvalue weighted by molar-refractivity contribution is 5.68. The average molecular weight is 276 g/mol. The van der Waals surface area contributed by atoms with Crippen LogP contribution in [0.4, 0.5) is 5.82 Å². The summed E-state index contributed by atoms with van der Waals surface area (Å²) in [6, 6.07) is 2.11. The molecule has 0 radical (unpaired) electrons. The Balaban J connectivity index is 2.23. The van der Waals surface area contributed by atoms with Crippen molar-refractivity contribution in [2.75, 3.05) is 25.6 Å². The molecule has 0 saturated heterocycles. The number of nitrogens with one attached hydrogen (secondary N) is 1. The van der Waals surface area contributed by atoms with Gasteiger partial charge < -0.3 is 10.1 Å². The van der Waals surface area contributed by atoms with Gasteiger partial charge >= 0.3 is 0 Å². The molecule has 5 heteroatoms. The van der Waals surface area contributed by atoms with Gasteiger partial charge in [-0.3, -0.25) is 0 Å². The van der Waals surface area contributed by atoms with E-state index in [4.69, 9.17) is 4.74 Å². The second-order valence-corrected chi connectivity index (χ2v) is 6.33. The SMILES string of the molecule is COCC(C)CNc1nccn2nc(C(C)(C)C)cc12. The minimum Gasteiger partial charge on any atom is -0.384 e. The highest BCUT2D eigenvalue weighted by atomic mass is 16.5. The molecule has 1 N–H and O–H groups in total. The molecule has 0 fully saturated rings. The molecule has 0 bridgehead atoms. The lowest BCUT2D eigenvalue weighted by Gasteiger charge is -2.13. The van der Waals surface area contributed by atoms with E-state index in [-0.39, 0.29) is 5.41 Å². The standard InChI is InChI=1S/C15H24N4O/c1-11(10-20-5)9-17-14-12-8-13(15(2,3)4)18-19(12)7-6-16-14/h6-8,11H,9-10H2,1-5H3,(H,16,17). The second kappa shape index (κ2) is 5.79. The summed E-state index contributed by atoms with van der Waals surface area (Å²) in [6.45, 7) is 10.2. The van der Waals surface area contributed by atoms with Crippen LogP contribution in [0.1, 0.15) is 33.4 Å².